The van der Waals surface area contributed by atoms with Gasteiger partial charge in [0.05, 0.1) is 16.8 Å². The summed E-state index contributed by atoms with van der Waals surface area (Å²) in [4.78, 5) is 39.1. The second-order valence-electron chi connectivity index (χ2n) is 5.79. The molecule has 0 aliphatic carbocycles. The van der Waals surface area contributed by atoms with Gasteiger partial charge in [0.1, 0.15) is 12.1 Å². The number of fused-ring (bicyclic) bond motifs is 2. The lowest BCUT2D eigenvalue weighted by Crippen LogP contribution is -2.40. The van der Waals surface area contributed by atoms with E-state index in [2.05, 4.69) is 10.3 Å². The zero-order chi connectivity index (χ0) is 18.8. The van der Waals surface area contributed by atoms with E-state index in [-0.39, 0.29) is 24.9 Å². The van der Waals surface area contributed by atoms with Crippen LogP contribution in [-0.4, -0.2) is 39.2 Å². The zero-order valence-electron chi connectivity index (χ0n) is 14.1. The average molecular weight is 382 g/mol. The van der Waals surface area contributed by atoms with Crippen molar-refractivity contribution in [3.05, 3.63) is 58.9 Å². The Kier molecular flexibility index (Phi) is 4.59. The summed E-state index contributed by atoms with van der Waals surface area (Å²) in [6.07, 6.45) is 0. The van der Waals surface area contributed by atoms with Gasteiger partial charge < -0.3 is 4.74 Å². The van der Waals surface area contributed by atoms with Gasteiger partial charge in [-0.15, -0.1) is 16.9 Å². The van der Waals surface area contributed by atoms with Crippen molar-refractivity contribution in [2.24, 2.45) is 0 Å². The van der Waals surface area contributed by atoms with Crippen LogP contribution in [0.2, 0.25) is 0 Å². The standard InChI is InChI=1S/C18H14N4O4S/c23-16-10-27-15-8-4-3-7-14(15)21(16)9-17(24)26-11-22-18(25)12-5-1-2-6-13(12)19-20-22/h1-8H,9-11H2. The molecule has 0 saturated carbocycles. The van der Waals surface area contributed by atoms with Gasteiger partial charge in [-0.2, -0.15) is 4.68 Å². The van der Waals surface area contributed by atoms with Crippen molar-refractivity contribution < 1.29 is 14.3 Å². The lowest BCUT2D eigenvalue weighted by Gasteiger charge is -2.27. The number of rotatable bonds is 4. The van der Waals surface area contributed by atoms with Gasteiger partial charge in [-0.05, 0) is 24.3 Å². The average Bonchev–Trinajstić information content (AvgIpc) is 2.70. The molecule has 0 fully saturated rings. The smallest absolute Gasteiger partial charge is 0.327 e. The molecule has 3 aromatic rings. The number of thioether (sulfide) groups is 1. The fraction of sp³-hybridized carbons (Fsp3) is 0.167. The Morgan fingerprint density at radius 2 is 1.89 bits per heavy atom. The van der Waals surface area contributed by atoms with Crippen LogP contribution in [0.4, 0.5) is 5.69 Å². The fourth-order valence-corrected chi connectivity index (χ4v) is 3.68. The molecular weight excluding hydrogens is 368 g/mol. The van der Waals surface area contributed by atoms with Crippen molar-refractivity contribution in [2.75, 3.05) is 17.2 Å². The molecule has 0 bridgehead atoms. The number of carbonyl (C=O) groups excluding carboxylic acids is 2. The molecule has 0 saturated heterocycles. The Bertz CT molecular complexity index is 1100. The van der Waals surface area contributed by atoms with Crippen molar-refractivity contribution >= 4 is 40.2 Å². The van der Waals surface area contributed by atoms with E-state index in [4.69, 9.17) is 4.74 Å². The van der Waals surface area contributed by atoms with Gasteiger partial charge in [-0.1, -0.05) is 29.5 Å². The van der Waals surface area contributed by atoms with Crippen LogP contribution in [0, 0.1) is 0 Å². The van der Waals surface area contributed by atoms with E-state index in [0.29, 0.717) is 16.6 Å². The first kappa shape index (κ1) is 17.2. The molecule has 0 spiro atoms. The number of carbonyl (C=O) groups is 2. The van der Waals surface area contributed by atoms with Crippen LogP contribution >= 0.6 is 11.8 Å². The van der Waals surface area contributed by atoms with Gasteiger partial charge in [-0.3, -0.25) is 19.3 Å². The monoisotopic (exact) mass is 382 g/mol. The van der Waals surface area contributed by atoms with E-state index in [9.17, 15) is 14.4 Å². The van der Waals surface area contributed by atoms with Crippen molar-refractivity contribution in [3.63, 3.8) is 0 Å². The number of ether oxygens (including phenoxy) is 1. The molecule has 1 amide bonds. The van der Waals surface area contributed by atoms with Gasteiger partial charge >= 0.3 is 5.97 Å². The van der Waals surface area contributed by atoms with Gasteiger partial charge in [0.25, 0.3) is 5.56 Å². The maximum Gasteiger partial charge on any atom is 0.327 e. The minimum absolute atomic E-state index is 0.168. The lowest BCUT2D eigenvalue weighted by atomic mass is 10.2. The van der Waals surface area contributed by atoms with E-state index in [1.807, 2.05) is 12.1 Å². The summed E-state index contributed by atoms with van der Waals surface area (Å²) >= 11 is 1.43. The van der Waals surface area contributed by atoms with Crippen molar-refractivity contribution in [3.8, 4) is 0 Å². The Morgan fingerprint density at radius 1 is 1.11 bits per heavy atom. The summed E-state index contributed by atoms with van der Waals surface area (Å²) in [5.74, 6) is -0.537. The molecule has 8 nitrogen and oxygen atoms in total. The van der Waals surface area contributed by atoms with Gasteiger partial charge in [0, 0.05) is 4.90 Å². The Labute approximate surface area is 157 Å². The normalized spacial score (nSPS) is 13.5. The summed E-state index contributed by atoms with van der Waals surface area (Å²) in [6, 6.07) is 14.2. The maximum absolute atomic E-state index is 12.3. The first-order valence-electron chi connectivity index (χ1n) is 8.14. The number of esters is 1. The summed E-state index contributed by atoms with van der Waals surface area (Å²) in [7, 11) is 0. The predicted octanol–water partition coefficient (Wildman–Crippen LogP) is 1.43. The third-order valence-electron chi connectivity index (χ3n) is 4.07. The summed E-state index contributed by atoms with van der Waals surface area (Å²) in [5.41, 5.74) is 0.751. The SMILES string of the molecule is O=C(CN1C(=O)CSc2ccccc21)OCn1nnc2ccccc2c1=O. The van der Waals surface area contributed by atoms with Crippen LogP contribution < -0.4 is 10.5 Å². The number of amides is 1. The van der Waals surface area contributed by atoms with Gasteiger partial charge in [0.15, 0.2) is 6.73 Å². The van der Waals surface area contributed by atoms with Crippen LogP contribution in [0.3, 0.4) is 0 Å². The quantitative estimate of drug-likeness (QED) is 0.630. The van der Waals surface area contributed by atoms with Crippen LogP contribution in [0.15, 0.2) is 58.2 Å². The second-order valence-corrected chi connectivity index (χ2v) is 6.81. The Hall–Kier alpha value is -3.20. The molecule has 0 N–H and O–H groups in total. The highest BCUT2D eigenvalue weighted by Gasteiger charge is 2.26. The highest BCUT2D eigenvalue weighted by Crippen LogP contribution is 2.34. The second kappa shape index (κ2) is 7.20. The van der Waals surface area contributed by atoms with Crippen molar-refractivity contribution in [1.82, 2.24) is 15.0 Å². The molecule has 136 valence electrons. The maximum atomic E-state index is 12.3. The number of aromatic nitrogens is 3. The highest BCUT2D eigenvalue weighted by atomic mass is 32.2. The van der Waals surface area contributed by atoms with Gasteiger partial charge in [-0.25, -0.2) is 0 Å². The Morgan fingerprint density at radius 3 is 2.78 bits per heavy atom. The molecule has 4 rings (SSSR count). The van der Waals surface area contributed by atoms with E-state index < -0.39 is 11.5 Å². The zero-order valence-corrected chi connectivity index (χ0v) is 14.9. The molecular formula is C18H14N4O4S. The predicted molar refractivity (Wildman–Crippen MR) is 99.4 cm³/mol. The molecule has 0 atom stereocenters. The van der Waals surface area contributed by atoms with Crippen molar-refractivity contribution in [1.29, 1.82) is 0 Å². The first-order chi connectivity index (χ1) is 13.1. The third kappa shape index (κ3) is 3.41. The molecule has 27 heavy (non-hydrogen) atoms. The minimum Gasteiger partial charge on any atom is -0.441 e. The molecule has 2 heterocycles. The van der Waals surface area contributed by atoms with Crippen LogP contribution in [0.25, 0.3) is 10.9 Å². The molecule has 9 heteroatoms. The molecule has 0 unspecified atom stereocenters. The number of hydrogen-bond donors (Lipinski definition) is 0. The van der Waals surface area contributed by atoms with Crippen molar-refractivity contribution in [2.45, 2.75) is 11.6 Å². The van der Waals surface area contributed by atoms with E-state index in [0.717, 1.165) is 9.58 Å². The third-order valence-corrected chi connectivity index (χ3v) is 5.12. The summed E-state index contributed by atoms with van der Waals surface area (Å²) in [5, 5.41) is 8.09. The molecule has 1 aliphatic heterocycles. The number of hydrogen-bond acceptors (Lipinski definition) is 7. The Balaban J connectivity index is 1.47. The summed E-state index contributed by atoms with van der Waals surface area (Å²) < 4.78 is 6.12. The number of anilines is 1. The number of para-hydroxylation sites is 1. The number of nitrogens with zero attached hydrogens (tertiary/aromatic N) is 4. The van der Waals surface area contributed by atoms with E-state index in [1.165, 1.54) is 16.7 Å². The molecule has 2 aromatic carbocycles. The van der Waals surface area contributed by atoms with Crippen LogP contribution in [-0.2, 0) is 21.1 Å². The van der Waals surface area contributed by atoms with E-state index in [1.54, 1.807) is 36.4 Å². The molecule has 1 aliphatic rings. The van der Waals surface area contributed by atoms with Gasteiger partial charge in [0.2, 0.25) is 5.91 Å². The highest BCUT2D eigenvalue weighted by molar-refractivity contribution is 8.00. The summed E-state index contributed by atoms with van der Waals surface area (Å²) in [6.45, 7) is -0.597. The minimum atomic E-state index is -0.632. The fourth-order valence-electron chi connectivity index (χ4n) is 2.74. The van der Waals surface area contributed by atoms with Crippen LogP contribution in [0.5, 0.6) is 0 Å². The topological polar surface area (TPSA) is 94.4 Å². The molecule has 1 aromatic heterocycles. The number of benzene rings is 2. The first-order valence-corrected chi connectivity index (χ1v) is 9.12. The largest absolute Gasteiger partial charge is 0.441 e. The van der Waals surface area contributed by atoms with Crippen LogP contribution in [0.1, 0.15) is 0 Å². The lowest BCUT2D eigenvalue weighted by molar-refractivity contribution is -0.147. The van der Waals surface area contributed by atoms with E-state index >= 15 is 0 Å². The molecule has 0 radical (unpaired) electrons.